The number of hydrogen-bond donors (Lipinski definition) is 0. The number of ether oxygens (including phenoxy) is 2. The summed E-state index contributed by atoms with van der Waals surface area (Å²) in [6.07, 6.45) is 0.940. The fourth-order valence-electron chi connectivity index (χ4n) is 4.04. The first-order chi connectivity index (χ1) is 12.4. The maximum Gasteiger partial charge on any atom is 0.127 e. The Morgan fingerprint density at radius 2 is 1.69 bits per heavy atom. The van der Waals surface area contributed by atoms with Crippen LogP contribution in [0.15, 0.2) is 54.6 Å². The molecule has 1 aliphatic heterocycles. The highest BCUT2D eigenvalue weighted by molar-refractivity contribution is 5.34. The van der Waals surface area contributed by atoms with E-state index in [-0.39, 0.29) is 16.9 Å². The quantitative estimate of drug-likeness (QED) is 0.553. The van der Waals surface area contributed by atoms with E-state index in [0.29, 0.717) is 25.6 Å². The zero-order valence-electron chi connectivity index (χ0n) is 15.9. The lowest BCUT2D eigenvalue weighted by Gasteiger charge is -2.50. The van der Waals surface area contributed by atoms with Crippen LogP contribution in [-0.4, -0.2) is 36.5 Å². The molecule has 0 aromatic heterocycles. The van der Waals surface area contributed by atoms with Gasteiger partial charge in [-0.05, 0) is 50.1 Å². The number of nitrogens with zero attached hydrogens (tertiary/aromatic N) is 1. The van der Waals surface area contributed by atoms with E-state index in [1.807, 2.05) is 56.3 Å². The van der Waals surface area contributed by atoms with Crippen molar-refractivity contribution < 1.29 is 14.1 Å². The van der Waals surface area contributed by atoms with Crippen LogP contribution in [0.4, 0.5) is 0 Å². The van der Waals surface area contributed by atoms with Gasteiger partial charge < -0.3 is 19.3 Å². The third kappa shape index (κ3) is 5.31. The summed E-state index contributed by atoms with van der Waals surface area (Å²) < 4.78 is 11.5. The van der Waals surface area contributed by atoms with Gasteiger partial charge in [0.1, 0.15) is 36.8 Å². The highest BCUT2D eigenvalue weighted by Crippen LogP contribution is 2.25. The summed E-state index contributed by atoms with van der Waals surface area (Å²) in [5.74, 6) is 1.97. The molecular weight excluding hydrogens is 326 g/mol. The maximum absolute atomic E-state index is 13.1. The van der Waals surface area contributed by atoms with Gasteiger partial charge >= 0.3 is 0 Å². The zero-order chi connectivity index (χ0) is 18.6. The second-order valence-corrected chi connectivity index (χ2v) is 7.73. The molecule has 4 heteroatoms. The van der Waals surface area contributed by atoms with E-state index in [1.54, 1.807) is 0 Å². The summed E-state index contributed by atoms with van der Waals surface area (Å²) >= 11 is 0. The first kappa shape index (κ1) is 18.9. The average molecular weight is 355 g/mol. The second-order valence-electron chi connectivity index (χ2n) is 7.73. The van der Waals surface area contributed by atoms with Crippen molar-refractivity contribution in [2.24, 2.45) is 5.92 Å². The van der Waals surface area contributed by atoms with Gasteiger partial charge in [-0.3, -0.25) is 0 Å². The molecule has 3 rings (SSSR count). The zero-order valence-corrected chi connectivity index (χ0v) is 15.9. The van der Waals surface area contributed by atoms with E-state index in [4.69, 9.17) is 9.47 Å². The molecule has 0 saturated carbocycles. The minimum absolute atomic E-state index is 0.0334. The minimum Gasteiger partial charge on any atom is -0.633 e. The lowest BCUT2D eigenvalue weighted by molar-refractivity contribution is -0.898. The van der Waals surface area contributed by atoms with Gasteiger partial charge in [-0.15, -0.1) is 0 Å². The van der Waals surface area contributed by atoms with E-state index < -0.39 is 0 Å². The van der Waals surface area contributed by atoms with Crippen molar-refractivity contribution in [3.63, 3.8) is 0 Å². The van der Waals surface area contributed by atoms with Crippen molar-refractivity contribution >= 4 is 0 Å². The first-order valence-electron chi connectivity index (χ1n) is 9.46. The maximum atomic E-state index is 13.1. The summed E-state index contributed by atoms with van der Waals surface area (Å²) in [6.45, 7) is 7.87. The lowest BCUT2D eigenvalue weighted by atomic mass is 9.99. The largest absolute Gasteiger partial charge is 0.633 e. The number of morpholine rings is 1. The van der Waals surface area contributed by atoms with Crippen LogP contribution in [0.5, 0.6) is 11.5 Å². The standard InChI is InChI=1S/C22H29NO3/c1-17(14-23(24)15-18(2)25-19(3)16-23)12-20-8-7-11-22(13-20)26-21-9-5-4-6-10-21/h4-11,13,17-19H,12,14-16H2,1-3H3. The van der Waals surface area contributed by atoms with Crippen molar-refractivity contribution in [2.75, 3.05) is 19.6 Å². The molecule has 4 nitrogen and oxygen atoms in total. The average Bonchev–Trinajstić information content (AvgIpc) is 2.54. The van der Waals surface area contributed by atoms with Gasteiger partial charge in [0.2, 0.25) is 0 Å². The van der Waals surface area contributed by atoms with Gasteiger partial charge in [0.15, 0.2) is 0 Å². The molecule has 0 bridgehead atoms. The van der Waals surface area contributed by atoms with Crippen LogP contribution in [-0.2, 0) is 11.2 Å². The van der Waals surface area contributed by atoms with Crippen molar-refractivity contribution in [3.8, 4) is 11.5 Å². The van der Waals surface area contributed by atoms with Crippen molar-refractivity contribution in [1.82, 2.24) is 0 Å². The topological polar surface area (TPSA) is 41.5 Å². The Morgan fingerprint density at radius 1 is 1.04 bits per heavy atom. The number of quaternary nitrogens is 1. The number of hydrogen-bond acceptors (Lipinski definition) is 3. The Morgan fingerprint density at radius 3 is 2.38 bits per heavy atom. The molecule has 0 spiro atoms. The van der Waals surface area contributed by atoms with E-state index in [0.717, 1.165) is 17.9 Å². The Hall–Kier alpha value is -1.88. The Kier molecular flexibility index (Phi) is 5.97. The third-order valence-corrected chi connectivity index (χ3v) is 4.75. The summed E-state index contributed by atoms with van der Waals surface area (Å²) in [5, 5.41) is 13.1. The highest BCUT2D eigenvalue weighted by Gasteiger charge is 2.32. The van der Waals surface area contributed by atoms with Gasteiger partial charge in [0.25, 0.3) is 0 Å². The molecule has 1 aliphatic rings. The molecular formula is C22H29NO3. The lowest BCUT2D eigenvalue weighted by Crippen LogP contribution is -2.57. The summed E-state index contributed by atoms with van der Waals surface area (Å²) in [5.41, 5.74) is 1.20. The van der Waals surface area contributed by atoms with Crippen molar-refractivity contribution in [3.05, 3.63) is 65.4 Å². The molecule has 26 heavy (non-hydrogen) atoms. The molecule has 3 unspecified atom stereocenters. The van der Waals surface area contributed by atoms with Gasteiger partial charge in [-0.2, -0.15) is 0 Å². The van der Waals surface area contributed by atoms with E-state index >= 15 is 0 Å². The second kappa shape index (κ2) is 8.21. The van der Waals surface area contributed by atoms with Gasteiger partial charge in [-0.1, -0.05) is 37.3 Å². The third-order valence-electron chi connectivity index (χ3n) is 4.75. The Bertz CT molecular complexity index is 694. The van der Waals surface area contributed by atoms with Gasteiger partial charge in [0.05, 0.1) is 6.54 Å². The van der Waals surface area contributed by atoms with Crippen molar-refractivity contribution in [2.45, 2.75) is 39.4 Å². The molecule has 0 radical (unpaired) electrons. The van der Waals surface area contributed by atoms with Gasteiger partial charge in [0, 0.05) is 5.92 Å². The van der Waals surface area contributed by atoms with E-state index in [2.05, 4.69) is 19.1 Å². The van der Waals surface area contributed by atoms with Crippen LogP contribution in [0.2, 0.25) is 0 Å². The predicted molar refractivity (Wildman–Crippen MR) is 104 cm³/mol. The van der Waals surface area contributed by atoms with E-state index in [9.17, 15) is 5.21 Å². The number of para-hydroxylation sites is 1. The number of rotatable bonds is 6. The molecule has 1 saturated heterocycles. The minimum atomic E-state index is -0.149. The SMILES string of the molecule is CC(Cc1cccc(Oc2ccccc2)c1)C[N+]1([O-])CC(C)OC(C)C1. The number of hydroxylamine groups is 3. The number of benzene rings is 2. The monoisotopic (exact) mass is 355 g/mol. The van der Waals surface area contributed by atoms with E-state index in [1.165, 1.54) is 5.56 Å². The Labute approximate surface area is 156 Å². The first-order valence-corrected chi connectivity index (χ1v) is 9.46. The van der Waals surface area contributed by atoms with Crippen LogP contribution in [0, 0.1) is 11.1 Å². The molecule has 0 amide bonds. The van der Waals surface area contributed by atoms with Crippen molar-refractivity contribution in [1.29, 1.82) is 0 Å². The summed E-state index contributed by atoms with van der Waals surface area (Å²) in [7, 11) is 0. The summed E-state index contributed by atoms with van der Waals surface area (Å²) in [6, 6.07) is 17.9. The van der Waals surface area contributed by atoms with Crippen LogP contribution < -0.4 is 4.74 Å². The summed E-state index contributed by atoms with van der Waals surface area (Å²) in [4.78, 5) is 0. The fourth-order valence-corrected chi connectivity index (χ4v) is 4.04. The molecule has 1 heterocycles. The molecule has 140 valence electrons. The van der Waals surface area contributed by atoms with Gasteiger partial charge in [-0.25, -0.2) is 0 Å². The Balaban J connectivity index is 1.60. The highest BCUT2D eigenvalue weighted by atomic mass is 16.6. The van der Waals surface area contributed by atoms with Crippen LogP contribution >= 0.6 is 0 Å². The molecule has 2 aromatic carbocycles. The molecule has 1 fully saturated rings. The predicted octanol–water partition coefficient (Wildman–Crippen LogP) is 4.78. The fraction of sp³-hybridized carbons (Fsp3) is 0.455. The molecule has 0 N–H and O–H groups in total. The van der Waals surface area contributed by atoms with Crippen LogP contribution in [0.25, 0.3) is 0 Å². The molecule has 3 atom stereocenters. The van der Waals surface area contributed by atoms with Crippen LogP contribution in [0.3, 0.4) is 0 Å². The smallest absolute Gasteiger partial charge is 0.127 e. The molecule has 2 aromatic rings. The molecule has 0 aliphatic carbocycles. The normalized spacial score (nSPS) is 27.1. The van der Waals surface area contributed by atoms with Crippen LogP contribution in [0.1, 0.15) is 26.3 Å².